The first kappa shape index (κ1) is 26.0. The second-order valence-electron chi connectivity index (χ2n) is 7.78. The molecule has 1 aromatic heterocycles. The van der Waals surface area contributed by atoms with Crippen molar-refractivity contribution < 1.29 is 17.9 Å². The van der Waals surface area contributed by atoms with Gasteiger partial charge in [0.1, 0.15) is 5.75 Å². The van der Waals surface area contributed by atoms with Crippen LogP contribution in [-0.4, -0.2) is 50.5 Å². The molecule has 186 valence electrons. The van der Waals surface area contributed by atoms with Crippen LogP contribution in [0.15, 0.2) is 81.2 Å². The van der Waals surface area contributed by atoms with Crippen molar-refractivity contribution in [1.29, 1.82) is 0 Å². The number of ether oxygens (including phenoxy) is 1. The molecule has 8 nitrogen and oxygen atoms in total. The van der Waals surface area contributed by atoms with Gasteiger partial charge < -0.3 is 4.74 Å². The van der Waals surface area contributed by atoms with Crippen molar-refractivity contribution >= 4 is 64.8 Å². The lowest BCUT2D eigenvalue weighted by Crippen LogP contribution is -2.26. The van der Waals surface area contributed by atoms with Gasteiger partial charge in [-0.05, 0) is 79.2 Å². The number of halogens is 1. The molecule has 0 saturated heterocycles. The summed E-state index contributed by atoms with van der Waals surface area (Å²) in [6.45, 7) is 2.48. The number of amides is 1. The van der Waals surface area contributed by atoms with Crippen molar-refractivity contribution in [3.8, 4) is 5.75 Å². The van der Waals surface area contributed by atoms with Gasteiger partial charge >= 0.3 is 0 Å². The standard InChI is InChI=1S/C25H23BrN4O4S2/c1-4-34-20-10-5-17(6-11-20)16-27-30(25-28-22-14-9-19(26)15-23(22)35-25)24(31)18-7-12-21(13-8-18)36(32,33)29(2)3/h5-16H,4H2,1-3H3/b27-16+. The number of aromatic nitrogens is 1. The van der Waals surface area contributed by atoms with Crippen LogP contribution in [0.3, 0.4) is 0 Å². The lowest BCUT2D eigenvalue weighted by molar-refractivity contribution is 0.0987. The van der Waals surface area contributed by atoms with Crippen LogP contribution in [-0.2, 0) is 10.0 Å². The predicted molar refractivity (Wildman–Crippen MR) is 147 cm³/mol. The average molecular weight is 588 g/mol. The summed E-state index contributed by atoms with van der Waals surface area (Å²) in [6.07, 6.45) is 1.57. The number of benzene rings is 3. The van der Waals surface area contributed by atoms with E-state index in [-0.39, 0.29) is 10.5 Å². The number of hydrogen-bond donors (Lipinski definition) is 0. The van der Waals surface area contributed by atoms with Crippen molar-refractivity contribution in [1.82, 2.24) is 9.29 Å². The highest BCUT2D eigenvalue weighted by Gasteiger charge is 2.23. The number of carbonyl (C=O) groups is 1. The molecule has 0 N–H and O–H groups in total. The number of nitrogens with zero attached hydrogens (tertiary/aromatic N) is 4. The van der Waals surface area contributed by atoms with E-state index in [0.717, 1.165) is 30.3 Å². The highest BCUT2D eigenvalue weighted by Crippen LogP contribution is 2.32. The zero-order valence-corrected chi connectivity index (χ0v) is 23.0. The van der Waals surface area contributed by atoms with Gasteiger partial charge in [0, 0.05) is 24.1 Å². The second kappa shape index (κ2) is 10.9. The van der Waals surface area contributed by atoms with Gasteiger partial charge in [-0.2, -0.15) is 10.1 Å². The molecule has 1 heterocycles. The summed E-state index contributed by atoms with van der Waals surface area (Å²) in [6, 6.07) is 18.8. The zero-order chi connectivity index (χ0) is 25.9. The molecule has 0 aliphatic rings. The average Bonchev–Trinajstić information content (AvgIpc) is 3.28. The van der Waals surface area contributed by atoms with Crippen molar-refractivity contribution in [2.24, 2.45) is 5.10 Å². The number of anilines is 1. The van der Waals surface area contributed by atoms with Gasteiger partial charge in [-0.3, -0.25) is 4.79 Å². The molecule has 4 rings (SSSR count). The van der Waals surface area contributed by atoms with Gasteiger partial charge in [-0.1, -0.05) is 27.3 Å². The Bertz CT molecular complexity index is 1520. The maximum Gasteiger partial charge on any atom is 0.280 e. The van der Waals surface area contributed by atoms with E-state index in [1.54, 1.807) is 6.21 Å². The van der Waals surface area contributed by atoms with E-state index in [1.165, 1.54) is 54.7 Å². The summed E-state index contributed by atoms with van der Waals surface area (Å²) in [5, 5.41) is 6.08. The van der Waals surface area contributed by atoms with Crippen molar-refractivity contribution in [3.05, 3.63) is 82.3 Å². The predicted octanol–water partition coefficient (Wildman–Crippen LogP) is 5.39. The smallest absolute Gasteiger partial charge is 0.280 e. The first-order valence-corrected chi connectivity index (χ1v) is 13.9. The number of hydrogen-bond acceptors (Lipinski definition) is 7. The zero-order valence-electron chi connectivity index (χ0n) is 19.8. The monoisotopic (exact) mass is 586 g/mol. The molecule has 0 aliphatic carbocycles. The first-order chi connectivity index (χ1) is 17.2. The van der Waals surface area contributed by atoms with E-state index in [9.17, 15) is 13.2 Å². The molecule has 0 aliphatic heterocycles. The molecular formula is C25H23BrN4O4S2. The van der Waals surface area contributed by atoms with Crippen LogP contribution < -0.4 is 9.75 Å². The Kier molecular flexibility index (Phi) is 7.84. The minimum absolute atomic E-state index is 0.0957. The molecular weight excluding hydrogens is 564 g/mol. The minimum atomic E-state index is -3.61. The Labute approximate surface area is 222 Å². The number of thiazole rings is 1. The minimum Gasteiger partial charge on any atom is -0.494 e. The molecule has 36 heavy (non-hydrogen) atoms. The van der Waals surface area contributed by atoms with Crippen LogP contribution in [0.4, 0.5) is 5.13 Å². The Morgan fingerprint density at radius 3 is 2.42 bits per heavy atom. The molecule has 4 aromatic rings. The van der Waals surface area contributed by atoms with Crippen molar-refractivity contribution in [2.45, 2.75) is 11.8 Å². The molecule has 0 unspecified atom stereocenters. The SMILES string of the molecule is CCOc1ccc(/C=N/N(C(=O)c2ccc(S(=O)(=O)N(C)C)cc2)c2nc3ccc(Br)cc3s2)cc1. The highest BCUT2D eigenvalue weighted by molar-refractivity contribution is 9.10. The topological polar surface area (TPSA) is 92.2 Å². The summed E-state index contributed by atoms with van der Waals surface area (Å²) >= 11 is 4.79. The highest BCUT2D eigenvalue weighted by atomic mass is 79.9. The fourth-order valence-corrected chi connectivity index (χ4v) is 5.58. The third kappa shape index (κ3) is 5.65. The summed E-state index contributed by atoms with van der Waals surface area (Å²) in [5.41, 5.74) is 1.78. The molecule has 0 bridgehead atoms. The molecule has 0 radical (unpaired) electrons. The van der Waals surface area contributed by atoms with E-state index < -0.39 is 15.9 Å². The fourth-order valence-electron chi connectivity index (χ4n) is 3.21. The van der Waals surface area contributed by atoms with E-state index in [0.29, 0.717) is 11.7 Å². The summed E-state index contributed by atoms with van der Waals surface area (Å²) in [5.74, 6) is 0.302. The van der Waals surface area contributed by atoms with Crippen LogP contribution in [0.2, 0.25) is 0 Å². The van der Waals surface area contributed by atoms with Gasteiger partial charge in [0.05, 0.1) is 27.9 Å². The van der Waals surface area contributed by atoms with Gasteiger partial charge in [0.2, 0.25) is 15.2 Å². The van der Waals surface area contributed by atoms with Gasteiger partial charge in [-0.15, -0.1) is 0 Å². The number of hydrazone groups is 1. The molecule has 3 aromatic carbocycles. The normalized spacial score (nSPS) is 11.9. The molecule has 0 atom stereocenters. The van der Waals surface area contributed by atoms with E-state index >= 15 is 0 Å². The molecule has 0 fully saturated rings. The summed E-state index contributed by atoms with van der Waals surface area (Å²) < 4.78 is 33.2. The third-order valence-corrected chi connectivity index (χ3v) is 8.42. The van der Waals surface area contributed by atoms with Crippen molar-refractivity contribution in [3.63, 3.8) is 0 Å². The lowest BCUT2D eigenvalue weighted by Gasteiger charge is -2.15. The van der Waals surface area contributed by atoms with Gasteiger partial charge in [0.25, 0.3) is 5.91 Å². The second-order valence-corrected chi connectivity index (χ2v) is 11.9. The fraction of sp³-hybridized carbons (Fsp3) is 0.160. The Balaban J connectivity index is 1.70. The van der Waals surface area contributed by atoms with E-state index in [2.05, 4.69) is 26.0 Å². The van der Waals surface area contributed by atoms with Crippen LogP contribution in [0.1, 0.15) is 22.8 Å². The summed E-state index contributed by atoms with van der Waals surface area (Å²) in [4.78, 5) is 18.2. The molecule has 11 heteroatoms. The third-order valence-electron chi connectivity index (χ3n) is 5.11. The largest absolute Gasteiger partial charge is 0.494 e. The van der Waals surface area contributed by atoms with Crippen LogP contribution in [0.5, 0.6) is 5.75 Å². The van der Waals surface area contributed by atoms with Crippen molar-refractivity contribution in [2.75, 3.05) is 25.7 Å². The van der Waals surface area contributed by atoms with E-state index in [1.807, 2.05) is 49.4 Å². The molecule has 1 amide bonds. The first-order valence-electron chi connectivity index (χ1n) is 10.9. The number of fused-ring (bicyclic) bond motifs is 1. The lowest BCUT2D eigenvalue weighted by atomic mass is 10.2. The summed E-state index contributed by atoms with van der Waals surface area (Å²) in [7, 11) is -0.702. The number of sulfonamides is 1. The molecule has 0 saturated carbocycles. The van der Waals surface area contributed by atoms with Gasteiger partial charge in [0.15, 0.2) is 0 Å². The van der Waals surface area contributed by atoms with Crippen LogP contribution in [0.25, 0.3) is 10.2 Å². The number of carbonyl (C=O) groups excluding carboxylic acids is 1. The Morgan fingerprint density at radius 1 is 1.08 bits per heavy atom. The quantitative estimate of drug-likeness (QED) is 0.204. The van der Waals surface area contributed by atoms with Gasteiger partial charge in [-0.25, -0.2) is 17.7 Å². The Hall–Kier alpha value is -3.12. The number of rotatable bonds is 8. The Morgan fingerprint density at radius 2 is 1.78 bits per heavy atom. The maximum absolute atomic E-state index is 13.5. The maximum atomic E-state index is 13.5. The van der Waals surface area contributed by atoms with Crippen LogP contribution >= 0.6 is 27.3 Å². The van der Waals surface area contributed by atoms with E-state index in [4.69, 9.17) is 4.74 Å². The van der Waals surface area contributed by atoms with Crippen LogP contribution in [0, 0.1) is 0 Å². The molecule has 0 spiro atoms.